The van der Waals surface area contributed by atoms with Gasteiger partial charge in [0.15, 0.2) is 4.77 Å². The summed E-state index contributed by atoms with van der Waals surface area (Å²) in [6.07, 6.45) is 0. The van der Waals surface area contributed by atoms with Crippen molar-refractivity contribution in [3.05, 3.63) is 98.5 Å². The van der Waals surface area contributed by atoms with E-state index in [4.69, 9.17) is 21.7 Å². The molecule has 0 atom stereocenters. The van der Waals surface area contributed by atoms with E-state index in [2.05, 4.69) is 10.3 Å². The summed E-state index contributed by atoms with van der Waals surface area (Å²) in [5, 5.41) is 3.23. The van der Waals surface area contributed by atoms with Gasteiger partial charge in [0.05, 0.1) is 36.4 Å². The first-order valence-electron chi connectivity index (χ1n) is 10.3. The number of hydrogen-bond acceptors (Lipinski definition) is 6. The van der Waals surface area contributed by atoms with Crippen LogP contribution in [0.25, 0.3) is 16.6 Å². The van der Waals surface area contributed by atoms with E-state index >= 15 is 0 Å². The second-order valence-electron chi connectivity index (χ2n) is 7.40. The van der Waals surface area contributed by atoms with Crippen LogP contribution in [-0.4, -0.2) is 35.6 Å². The molecule has 0 aliphatic rings. The summed E-state index contributed by atoms with van der Waals surface area (Å²) < 4.78 is 11.4. The first kappa shape index (κ1) is 22.9. The fraction of sp³-hybridized carbons (Fsp3) is 0.120. The number of benzene rings is 3. The molecule has 1 heterocycles. The van der Waals surface area contributed by atoms with Crippen LogP contribution in [0.15, 0.2) is 71.5 Å². The highest BCUT2D eigenvalue weighted by Crippen LogP contribution is 2.16. The van der Waals surface area contributed by atoms with Gasteiger partial charge in [-0.2, -0.15) is 0 Å². The Bertz CT molecular complexity index is 1510. The molecule has 0 fully saturated rings. The Morgan fingerprint density at radius 1 is 1.00 bits per heavy atom. The number of esters is 1. The van der Waals surface area contributed by atoms with Gasteiger partial charge in [-0.05, 0) is 72.4 Å². The van der Waals surface area contributed by atoms with E-state index in [1.54, 1.807) is 37.4 Å². The molecule has 4 aromatic rings. The number of carbonyl (C=O) groups excluding carboxylic acids is 2. The van der Waals surface area contributed by atoms with Crippen LogP contribution in [-0.2, 0) is 11.3 Å². The van der Waals surface area contributed by atoms with Gasteiger partial charge in [-0.15, -0.1) is 0 Å². The van der Waals surface area contributed by atoms with Gasteiger partial charge in [0.2, 0.25) is 0 Å². The van der Waals surface area contributed by atoms with E-state index in [0.29, 0.717) is 34.3 Å². The van der Waals surface area contributed by atoms with E-state index in [9.17, 15) is 14.4 Å². The molecule has 3 aromatic carbocycles. The quantitative estimate of drug-likeness (QED) is 0.325. The second-order valence-corrected chi connectivity index (χ2v) is 7.79. The van der Waals surface area contributed by atoms with Gasteiger partial charge in [-0.3, -0.25) is 14.2 Å². The van der Waals surface area contributed by atoms with Crippen molar-refractivity contribution in [1.29, 1.82) is 0 Å². The lowest BCUT2D eigenvalue weighted by Crippen LogP contribution is -2.23. The molecule has 8 nitrogen and oxygen atoms in total. The number of hydrogen-bond donors (Lipinski definition) is 2. The smallest absolute Gasteiger partial charge is 0.337 e. The van der Waals surface area contributed by atoms with Gasteiger partial charge in [0, 0.05) is 12.1 Å². The third kappa shape index (κ3) is 4.60. The van der Waals surface area contributed by atoms with Crippen LogP contribution in [0.4, 0.5) is 0 Å². The van der Waals surface area contributed by atoms with Crippen LogP contribution in [0, 0.1) is 4.77 Å². The van der Waals surface area contributed by atoms with Crippen molar-refractivity contribution in [3.8, 4) is 11.4 Å². The predicted octanol–water partition coefficient (Wildman–Crippen LogP) is 3.77. The molecule has 0 bridgehead atoms. The van der Waals surface area contributed by atoms with Crippen molar-refractivity contribution in [3.63, 3.8) is 0 Å². The largest absolute Gasteiger partial charge is 0.497 e. The average molecular weight is 476 g/mol. The molecule has 1 aromatic heterocycles. The maximum Gasteiger partial charge on any atom is 0.337 e. The number of aromatic amines is 1. The lowest BCUT2D eigenvalue weighted by Gasteiger charge is -2.10. The third-order valence-electron chi connectivity index (χ3n) is 5.29. The van der Waals surface area contributed by atoms with E-state index in [1.807, 2.05) is 24.3 Å². The number of nitrogens with zero attached hydrogens (tertiary/aromatic N) is 1. The minimum atomic E-state index is -0.509. The standard InChI is InChI=1S/C25H21N3O5S/c1-32-19-5-3-4-15(12-19)14-26-22(29)16-6-9-18(10-7-16)28-23(30)20-11-8-17(24(31)33-2)13-21(20)27-25(28)34/h3-13H,14H2,1-2H3,(H,26,29)(H,27,34). The molecule has 0 spiro atoms. The van der Waals surface area contributed by atoms with E-state index in [0.717, 1.165) is 11.3 Å². The lowest BCUT2D eigenvalue weighted by atomic mass is 10.1. The summed E-state index contributed by atoms with van der Waals surface area (Å²) in [5.41, 5.74) is 2.26. The Morgan fingerprint density at radius 3 is 2.44 bits per heavy atom. The minimum absolute atomic E-state index is 0.162. The number of methoxy groups -OCH3 is 2. The molecule has 172 valence electrons. The average Bonchev–Trinajstić information content (AvgIpc) is 2.87. The summed E-state index contributed by atoms with van der Waals surface area (Å²) in [5.74, 6) is -0.0404. The highest BCUT2D eigenvalue weighted by molar-refractivity contribution is 7.71. The van der Waals surface area contributed by atoms with Crippen LogP contribution in [0.1, 0.15) is 26.3 Å². The summed E-state index contributed by atoms with van der Waals surface area (Å²) >= 11 is 5.39. The Hall–Kier alpha value is -4.24. The molecule has 0 radical (unpaired) electrons. The monoisotopic (exact) mass is 475 g/mol. The van der Waals surface area contributed by atoms with Gasteiger partial charge < -0.3 is 19.8 Å². The number of ether oxygens (including phenoxy) is 2. The zero-order valence-electron chi connectivity index (χ0n) is 18.5. The fourth-order valence-electron chi connectivity index (χ4n) is 3.53. The summed E-state index contributed by atoms with van der Waals surface area (Å²) in [6.45, 7) is 0.348. The highest BCUT2D eigenvalue weighted by Gasteiger charge is 2.12. The Balaban J connectivity index is 1.57. The second kappa shape index (κ2) is 9.72. The maximum atomic E-state index is 13.1. The van der Waals surface area contributed by atoms with Gasteiger partial charge in [-0.25, -0.2) is 4.79 Å². The van der Waals surface area contributed by atoms with Crippen molar-refractivity contribution >= 4 is 35.0 Å². The summed E-state index contributed by atoms with van der Waals surface area (Å²) in [7, 11) is 2.88. The molecule has 0 saturated carbocycles. The Kier molecular flexibility index (Phi) is 6.55. The molecular formula is C25H21N3O5S. The predicted molar refractivity (Wildman–Crippen MR) is 130 cm³/mol. The Labute approximate surface area is 199 Å². The van der Waals surface area contributed by atoms with E-state index in [-0.39, 0.29) is 16.2 Å². The van der Waals surface area contributed by atoms with Crippen LogP contribution >= 0.6 is 12.2 Å². The number of amides is 1. The van der Waals surface area contributed by atoms with Crippen molar-refractivity contribution in [2.45, 2.75) is 6.54 Å². The highest BCUT2D eigenvalue weighted by atomic mass is 32.1. The molecule has 0 unspecified atom stereocenters. The molecule has 34 heavy (non-hydrogen) atoms. The van der Waals surface area contributed by atoms with Gasteiger partial charge in [0.1, 0.15) is 5.75 Å². The third-order valence-corrected chi connectivity index (χ3v) is 5.58. The SMILES string of the molecule is COC(=O)c1ccc2c(=O)n(-c3ccc(C(=O)NCc4cccc(OC)c4)cc3)c(=S)[nH]c2c1. The van der Waals surface area contributed by atoms with Crippen molar-refractivity contribution in [2.75, 3.05) is 14.2 Å². The summed E-state index contributed by atoms with van der Waals surface area (Å²) in [6, 6.07) is 18.6. The molecule has 1 amide bonds. The van der Waals surface area contributed by atoms with Crippen molar-refractivity contribution in [1.82, 2.24) is 14.9 Å². The molecular weight excluding hydrogens is 454 g/mol. The zero-order chi connectivity index (χ0) is 24.2. The Morgan fingerprint density at radius 2 is 1.74 bits per heavy atom. The van der Waals surface area contributed by atoms with Crippen LogP contribution in [0.5, 0.6) is 5.75 Å². The number of fused-ring (bicyclic) bond motifs is 1. The number of nitrogens with one attached hydrogen (secondary N) is 2. The summed E-state index contributed by atoms with van der Waals surface area (Å²) in [4.78, 5) is 40.4. The zero-order valence-corrected chi connectivity index (χ0v) is 19.3. The van der Waals surface area contributed by atoms with Crippen LogP contribution in [0.3, 0.4) is 0 Å². The fourth-order valence-corrected chi connectivity index (χ4v) is 3.82. The van der Waals surface area contributed by atoms with Crippen molar-refractivity contribution in [2.24, 2.45) is 0 Å². The van der Waals surface area contributed by atoms with Gasteiger partial charge in [-0.1, -0.05) is 12.1 Å². The molecule has 9 heteroatoms. The van der Waals surface area contributed by atoms with Gasteiger partial charge >= 0.3 is 5.97 Å². The van der Waals surface area contributed by atoms with Gasteiger partial charge in [0.25, 0.3) is 11.5 Å². The molecule has 0 saturated heterocycles. The molecule has 0 aliphatic carbocycles. The van der Waals surface area contributed by atoms with E-state index < -0.39 is 5.97 Å². The maximum absolute atomic E-state index is 13.1. The van der Waals surface area contributed by atoms with Crippen molar-refractivity contribution < 1.29 is 19.1 Å². The molecule has 4 rings (SSSR count). The number of carbonyl (C=O) groups is 2. The first-order valence-corrected chi connectivity index (χ1v) is 10.7. The topological polar surface area (TPSA) is 102 Å². The number of H-pyrrole nitrogens is 1. The lowest BCUT2D eigenvalue weighted by molar-refractivity contribution is 0.0600. The number of rotatable bonds is 6. The number of aromatic nitrogens is 2. The minimum Gasteiger partial charge on any atom is -0.497 e. The van der Waals surface area contributed by atoms with Crippen LogP contribution in [0.2, 0.25) is 0 Å². The van der Waals surface area contributed by atoms with E-state index in [1.165, 1.54) is 23.8 Å². The first-order chi connectivity index (χ1) is 16.4. The molecule has 0 aliphatic heterocycles. The molecule has 2 N–H and O–H groups in total. The van der Waals surface area contributed by atoms with Crippen LogP contribution < -0.4 is 15.6 Å². The normalized spacial score (nSPS) is 10.6.